The highest BCUT2D eigenvalue weighted by Gasteiger charge is 2.24. The number of nitrogens with one attached hydrogen (secondary N) is 1. The van der Waals surface area contributed by atoms with Crippen LogP contribution in [-0.2, 0) is 0 Å². The van der Waals surface area contributed by atoms with Crippen LogP contribution in [0, 0.1) is 5.82 Å². The van der Waals surface area contributed by atoms with Crippen LogP contribution in [0.4, 0.5) is 10.1 Å². The first kappa shape index (κ1) is 14.8. The zero-order chi connectivity index (χ0) is 14.9. The summed E-state index contributed by atoms with van der Waals surface area (Å²) in [6, 6.07) is 4.75. The van der Waals surface area contributed by atoms with Crippen molar-refractivity contribution in [2.75, 3.05) is 5.73 Å². The van der Waals surface area contributed by atoms with Crippen LogP contribution < -0.4 is 11.1 Å². The van der Waals surface area contributed by atoms with E-state index in [0.29, 0.717) is 15.0 Å². The van der Waals surface area contributed by atoms with Crippen molar-refractivity contribution in [3.8, 4) is 0 Å². The molecule has 0 atom stereocenters. The number of carbonyl (C=O) groups excluding carboxylic acids is 1. The maximum absolute atomic E-state index is 13.8. The van der Waals surface area contributed by atoms with Crippen LogP contribution >= 0.6 is 11.3 Å². The molecule has 2 rings (SSSR count). The monoisotopic (exact) mass is 294 g/mol. The Morgan fingerprint density at radius 2 is 2.15 bits per heavy atom. The number of rotatable bonds is 4. The molecule has 0 saturated carbocycles. The summed E-state index contributed by atoms with van der Waals surface area (Å²) >= 11 is 1.23. The third-order valence-electron chi connectivity index (χ3n) is 3.23. The van der Waals surface area contributed by atoms with Crippen LogP contribution in [-0.4, -0.2) is 11.4 Å². The summed E-state index contributed by atoms with van der Waals surface area (Å²) < 4.78 is 14.5. The van der Waals surface area contributed by atoms with Crippen molar-refractivity contribution in [2.24, 2.45) is 0 Å². The first-order valence-corrected chi connectivity index (χ1v) is 7.46. The van der Waals surface area contributed by atoms with Crippen LogP contribution in [0.5, 0.6) is 0 Å². The van der Waals surface area contributed by atoms with Gasteiger partial charge in [0.05, 0.1) is 11.1 Å². The molecule has 0 aliphatic heterocycles. The van der Waals surface area contributed by atoms with Gasteiger partial charge in [0.15, 0.2) is 0 Å². The van der Waals surface area contributed by atoms with E-state index >= 15 is 0 Å². The van der Waals surface area contributed by atoms with E-state index in [4.69, 9.17) is 5.73 Å². The van der Waals surface area contributed by atoms with E-state index in [2.05, 4.69) is 12.2 Å². The maximum Gasteiger partial charge on any atom is 0.263 e. The Morgan fingerprint density at radius 3 is 2.75 bits per heavy atom. The average Bonchev–Trinajstić information content (AvgIpc) is 2.67. The Balaban J connectivity index is 2.36. The van der Waals surface area contributed by atoms with Crippen LogP contribution in [0.1, 0.15) is 43.3 Å². The highest BCUT2D eigenvalue weighted by atomic mass is 32.1. The van der Waals surface area contributed by atoms with Crippen LogP contribution in [0.25, 0.3) is 10.1 Å². The summed E-state index contributed by atoms with van der Waals surface area (Å²) in [5, 5.41) is 3.31. The zero-order valence-electron chi connectivity index (χ0n) is 11.9. The smallest absolute Gasteiger partial charge is 0.263 e. The minimum atomic E-state index is -0.386. The highest BCUT2D eigenvalue weighted by molar-refractivity contribution is 7.21. The van der Waals surface area contributed by atoms with Gasteiger partial charge in [0, 0.05) is 10.2 Å². The van der Waals surface area contributed by atoms with Crippen molar-refractivity contribution < 1.29 is 9.18 Å². The summed E-state index contributed by atoms with van der Waals surface area (Å²) in [6.45, 7) is 6.01. The van der Waals surface area contributed by atoms with Crippen molar-refractivity contribution in [2.45, 2.75) is 39.2 Å². The van der Waals surface area contributed by atoms with Crippen LogP contribution in [0.15, 0.2) is 18.2 Å². The zero-order valence-corrected chi connectivity index (χ0v) is 12.7. The SMILES string of the molecule is CCCC(C)(C)NC(=O)c1sc2cccc(F)c2c1N. The normalized spacial score (nSPS) is 11.8. The fraction of sp³-hybridized carbons (Fsp3) is 0.400. The minimum Gasteiger partial charge on any atom is -0.397 e. The van der Waals surface area contributed by atoms with E-state index in [1.807, 2.05) is 13.8 Å². The predicted octanol–water partition coefficient (Wildman–Crippen LogP) is 3.93. The van der Waals surface area contributed by atoms with Gasteiger partial charge in [0.2, 0.25) is 0 Å². The molecule has 0 aliphatic carbocycles. The number of benzene rings is 1. The lowest BCUT2D eigenvalue weighted by Crippen LogP contribution is -2.43. The predicted molar refractivity (Wildman–Crippen MR) is 82.6 cm³/mol. The van der Waals surface area contributed by atoms with E-state index in [-0.39, 0.29) is 23.0 Å². The van der Waals surface area contributed by atoms with Crippen molar-refractivity contribution in [1.82, 2.24) is 5.32 Å². The van der Waals surface area contributed by atoms with E-state index in [9.17, 15) is 9.18 Å². The van der Waals surface area contributed by atoms with Gasteiger partial charge in [-0.25, -0.2) is 4.39 Å². The Hall–Kier alpha value is -1.62. The molecular weight excluding hydrogens is 275 g/mol. The van der Waals surface area contributed by atoms with Gasteiger partial charge >= 0.3 is 0 Å². The van der Waals surface area contributed by atoms with Crippen LogP contribution in [0.2, 0.25) is 0 Å². The van der Waals surface area contributed by atoms with Gasteiger partial charge in [-0.2, -0.15) is 0 Å². The molecule has 0 saturated heterocycles. The largest absolute Gasteiger partial charge is 0.397 e. The van der Waals surface area contributed by atoms with Gasteiger partial charge in [-0.3, -0.25) is 4.79 Å². The molecule has 0 unspecified atom stereocenters. The molecule has 0 radical (unpaired) electrons. The molecular formula is C15H19FN2OS. The molecule has 1 aromatic carbocycles. The molecule has 0 spiro atoms. The lowest BCUT2D eigenvalue weighted by Gasteiger charge is -2.25. The fourth-order valence-corrected chi connectivity index (χ4v) is 3.38. The second-order valence-corrected chi connectivity index (χ2v) is 6.60. The standard InChI is InChI=1S/C15H19FN2OS/c1-4-8-15(2,3)18-14(19)13-12(17)11-9(16)6-5-7-10(11)20-13/h5-7H,4,8,17H2,1-3H3,(H,18,19). The molecule has 0 fully saturated rings. The third kappa shape index (κ3) is 2.77. The Labute approximate surface area is 122 Å². The van der Waals surface area contributed by atoms with Crippen molar-refractivity contribution in [3.63, 3.8) is 0 Å². The van der Waals surface area contributed by atoms with Gasteiger partial charge in [0.1, 0.15) is 10.7 Å². The lowest BCUT2D eigenvalue weighted by molar-refractivity contribution is 0.0914. The van der Waals surface area contributed by atoms with Crippen molar-refractivity contribution >= 4 is 33.0 Å². The number of amides is 1. The van der Waals surface area contributed by atoms with Gasteiger partial charge in [-0.1, -0.05) is 19.4 Å². The summed E-state index contributed by atoms with van der Waals surface area (Å²) in [7, 11) is 0. The molecule has 1 amide bonds. The highest BCUT2D eigenvalue weighted by Crippen LogP contribution is 2.35. The van der Waals surface area contributed by atoms with Crippen molar-refractivity contribution in [3.05, 3.63) is 28.9 Å². The topological polar surface area (TPSA) is 55.1 Å². The Morgan fingerprint density at radius 1 is 1.45 bits per heavy atom. The van der Waals surface area contributed by atoms with E-state index in [1.165, 1.54) is 17.4 Å². The van der Waals surface area contributed by atoms with Gasteiger partial charge < -0.3 is 11.1 Å². The number of thiophene rings is 1. The first-order chi connectivity index (χ1) is 9.35. The molecule has 2 aromatic rings. The average molecular weight is 294 g/mol. The maximum atomic E-state index is 13.8. The fourth-order valence-electron chi connectivity index (χ4n) is 2.35. The molecule has 20 heavy (non-hydrogen) atoms. The summed E-state index contributed by atoms with van der Waals surface area (Å²) in [4.78, 5) is 12.7. The number of hydrogen-bond donors (Lipinski definition) is 2. The molecule has 0 bridgehead atoms. The van der Waals surface area contributed by atoms with Crippen LogP contribution in [0.3, 0.4) is 0 Å². The Bertz CT molecular complexity index is 649. The number of hydrogen-bond acceptors (Lipinski definition) is 3. The second kappa shape index (κ2) is 5.40. The Kier molecular flexibility index (Phi) is 3.99. The molecule has 3 N–H and O–H groups in total. The molecule has 5 heteroatoms. The number of anilines is 1. The molecule has 108 valence electrons. The number of nitrogens with two attached hydrogens (primary N) is 1. The number of fused-ring (bicyclic) bond motifs is 1. The summed E-state index contributed by atoms with van der Waals surface area (Å²) in [6.07, 6.45) is 1.85. The molecule has 3 nitrogen and oxygen atoms in total. The molecule has 0 aliphatic rings. The van der Waals surface area contributed by atoms with Crippen molar-refractivity contribution in [1.29, 1.82) is 0 Å². The van der Waals surface area contributed by atoms with Gasteiger partial charge in [-0.15, -0.1) is 11.3 Å². The lowest BCUT2D eigenvalue weighted by atomic mass is 9.99. The molecule has 1 aromatic heterocycles. The second-order valence-electron chi connectivity index (χ2n) is 5.55. The summed E-state index contributed by atoms with van der Waals surface area (Å²) in [5.74, 6) is -0.621. The van der Waals surface area contributed by atoms with E-state index in [1.54, 1.807) is 12.1 Å². The van der Waals surface area contributed by atoms with Gasteiger partial charge in [0.25, 0.3) is 5.91 Å². The molecule has 1 heterocycles. The number of halogens is 1. The number of nitrogen functional groups attached to an aromatic ring is 1. The van der Waals surface area contributed by atoms with E-state index < -0.39 is 0 Å². The van der Waals surface area contributed by atoms with Gasteiger partial charge in [-0.05, 0) is 32.4 Å². The third-order valence-corrected chi connectivity index (χ3v) is 4.40. The quantitative estimate of drug-likeness (QED) is 0.897. The first-order valence-electron chi connectivity index (χ1n) is 6.64. The van der Waals surface area contributed by atoms with E-state index in [0.717, 1.165) is 12.8 Å². The summed E-state index contributed by atoms with van der Waals surface area (Å²) in [5.41, 5.74) is 5.87. The minimum absolute atomic E-state index is 0.230. The number of carbonyl (C=O) groups is 1.